The Kier molecular flexibility index (Phi) is 4.63. The summed E-state index contributed by atoms with van der Waals surface area (Å²) in [5.74, 6) is -0.117. The summed E-state index contributed by atoms with van der Waals surface area (Å²) in [6.45, 7) is 5.00. The molecule has 1 aliphatic rings. The molecular weight excluding hydrogens is 342 g/mol. The van der Waals surface area contributed by atoms with Crippen LogP contribution in [0, 0.1) is 13.8 Å². The summed E-state index contributed by atoms with van der Waals surface area (Å²) in [7, 11) is -3.69. The molecule has 1 aromatic carbocycles. The molecule has 1 saturated heterocycles. The van der Waals surface area contributed by atoms with Gasteiger partial charge in [0.05, 0.1) is 11.4 Å². The van der Waals surface area contributed by atoms with E-state index in [2.05, 4.69) is 5.10 Å². The van der Waals surface area contributed by atoms with Gasteiger partial charge in [0.25, 0.3) is 16.1 Å². The molecule has 0 aliphatic carbocycles. The second kappa shape index (κ2) is 6.58. The van der Waals surface area contributed by atoms with Crippen molar-refractivity contribution >= 4 is 16.1 Å². The molecule has 0 atom stereocenters. The number of piperazine rings is 1. The van der Waals surface area contributed by atoms with Crippen molar-refractivity contribution in [2.75, 3.05) is 26.2 Å². The highest BCUT2D eigenvalue weighted by molar-refractivity contribution is 7.86. The lowest BCUT2D eigenvalue weighted by Gasteiger charge is -2.33. The van der Waals surface area contributed by atoms with E-state index in [0.717, 1.165) is 17.1 Å². The summed E-state index contributed by atoms with van der Waals surface area (Å²) in [6.07, 6.45) is 0. The van der Waals surface area contributed by atoms with Gasteiger partial charge in [0.1, 0.15) is 0 Å². The monoisotopic (exact) mass is 363 g/mol. The zero-order valence-corrected chi connectivity index (χ0v) is 15.0. The van der Waals surface area contributed by atoms with E-state index in [1.54, 1.807) is 17.0 Å². The van der Waals surface area contributed by atoms with Crippen molar-refractivity contribution in [1.29, 1.82) is 0 Å². The Hall–Kier alpha value is -2.23. The van der Waals surface area contributed by atoms with E-state index in [9.17, 15) is 13.2 Å². The molecule has 0 radical (unpaired) electrons. The topological polar surface area (TPSA) is 102 Å². The van der Waals surface area contributed by atoms with Crippen LogP contribution in [0.5, 0.6) is 0 Å². The van der Waals surface area contributed by atoms with Crippen LogP contribution in [0.3, 0.4) is 0 Å². The molecule has 1 amide bonds. The van der Waals surface area contributed by atoms with Gasteiger partial charge in [-0.3, -0.25) is 4.79 Å². The van der Waals surface area contributed by atoms with Crippen molar-refractivity contribution in [1.82, 2.24) is 19.0 Å². The van der Waals surface area contributed by atoms with Gasteiger partial charge in [-0.15, -0.1) is 0 Å². The number of carbonyl (C=O) groups excluding carboxylic acids is 1. The number of nitrogens with zero attached hydrogens (tertiary/aromatic N) is 4. The highest BCUT2D eigenvalue weighted by Crippen LogP contribution is 2.15. The van der Waals surface area contributed by atoms with Crippen LogP contribution in [0.1, 0.15) is 21.7 Å². The van der Waals surface area contributed by atoms with Crippen molar-refractivity contribution in [3.8, 4) is 5.69 Å². The van der Waals surface area contributed by atoms with E-state index in [4.69, 9.17) is 5.14 Å². The lowest BCUT2D eigenvalue weighted by Crippen LogP contribution is -2.52. The lowest BCUT2D eigenvalue weighted by atomic mass is 10.1. The van der Waals surface area contributed by atoms with Gasteiger partial charge in [0.2, 0.25) is 0 Å². The van der Waals surface area contributed by atoms with Crippen LogP contribution >= 0.6 is 0 Å². The van der Waals surface area contributed by atoms with Crippen molar-refractivity contribution in [3.63, 3.8) is 0 Å². The van der Waals surface area contributed by atoms with Crippen molar-refractivity contribution < 1.29 is 13.2 Å². The molecule has 1 aromatic heterocycles. The van der Waals surface area contributed by atoms with Crippen LogP contribution in [-0.2, 0) is 10.2 Å². The number of aryl methyl sites for hydroxylation is 2. The van der Waals surface area contributed by atoms with Gasteiger partial charge in [-0.25, -0.2) is 9.82 Å². The maximum absolute atomic E-state index is 12.6. The fourth-order valence-corrected chi connectivity index (χ4v) is 3.64. The molecule has 2 heterocycles. The molecular formula is C16H21N5O3S. The van der Waals surface area contributed by atoms with Gasteiger partial charge in [0, 0.05) is 37.4 Å². The molecule has 8 nitrogen and oxygen atoms in total. The molecule has 1 fully saturated rings. The molecule has 25 heavy (non-hydrogen) atoms. The van der Waals surface area contributed by atoms with Crippen LogP contribution in [-0.4, -0.2) is 59.5 Å². The van der Waals surface area contributed by atoms with Gasteiger partial charge in [-0.05, 0) is 44.2 Å². The number of rotatable bonds is 3. The zero-order chi connectivity index (χ0) is 18.2. The van der Waals surface area contributed by atoms with Crippen LogP contribution in [0.25, 0.3) is 5.69 Å². The first-order valence-corrected chi connectivity index (χ1v) is 9.47. The maximum atomic E-state index is 12.6. The smallest absolute Gasteiger partial charge is 0.277 e. The van der Waals surface area contributed by atoms with E-state index in [1.165, 1.54) is 4.31 Å². The van der Waals surface area contributed by atoms with Crippen molar-refractivity contribution in [2.24, 2.45) is 5.14 Å². The molecule has 2 N–H and O–H groups in total. The van der Waals surface area contributed by atoms with E-state index < -0.39 is 10.2 Å². The summed E-state index contributed by atoms with van der Waals surface area (Å²) < 4.78 is 25.7. The van der Waals surface area contributed by atoms with Gasteiger partial charge < -0.3 is 4.90 Å². The Morgan fingerprint density at radius 1 is 1.08 bits per heavy atom. The molecule has 0 saturated carbocycles. The predicted octanol–water partition coefficient (Wildman–Crippen LogP) is 0.450. The number of amides is 1. The Morgan fingerprint density at radius 3 is 2.16 bits per heavy atom. The summed E-state index contributed by atoms with van der Waals surface area (Å²) >= 11 is 0. The minimum atomic E-state index is -3.69. The fraction of sp³-hybridized carbons (Fsp3) is 0.375. The summed E-state index contributed by atoms with van der Waals surface area (Å²) in [6, 6.07) is 9.23. The molecule has 134 valence electrons. The quantitative estimate of drug-likeness (QED) is 0.855. The Bertz CT molecular complexity index is 881. The zero-order valence-electron chi connectivity index (χ0n) is 14.2. The third-order valence-electron chi connectivity index (χ3n) is 4.25. The number of carbonyl (C=O) groups is 1. The first-order chi connectivity index (χ1) is 11.8. The number of aromatic nitrogens is 2. The van der Waals surface area contributed by atoms with Gasteiger partial charge in [-0.1, -0.05) is 0 Å². The van der Waals surface area contributed by atoms with Gasteiger partial charge >= 0.3 is 0 Å². The van der Waals surface area contributed by atoms with E-state index in [0.29, 0.717) is 18.7 Å². The third-order valence-corrected chi connectivity index (χ3v) is 5.34. The second-order valence-electron chi connectivity index (χ2n) is 6.12. The highest BCUT2D eigenvalue weighted by Gasteiger charge is 2.26. The van der Waals surface area contributed by atoms with Gasteiger partial charge in [0.15, 0.2) is 0 Å². The number of hydrogen-bond donors (Lipinski definition) is 1. The highest BCUT2D eigenvalue weighted by atomic mass is 32.2. The van der Waals surface area contributed by atoms with Crippen LogP contribution in [0.4, 0.5) is 0 Å². The summed E-state index contributed by atoms with van der Waals surface area (Å²) in [5.41, 5.74) is 3.41. The summed E-state index contributed by atoms with van der Waals surface area (Å²) in [5, 5.41) is 9.54. The molecule has 0 bridgehead atoms. The Labute approximate surface area is 147 Å². The third kappa shape index (κ3) is 3.73. The Balaban J connectivity index is 1.71. The fourth-order valence-electron chi connectivity index (χ4n) is 2.96. The second-order valence-corrected chi connectivity index (χ2v) is 7.67. The average Bonchev–Trinajstić information content (AvgIpc) is 2.92. The van der Waals surface area contributed by atoms with Crippen molar-refractivity contribution in [2.45, 2.75) is 13.8 Å². The molecule has 1 aliphatic heterocycles. The van der Waals surface area contributed by atoms with E-state index in [1.807, 2.05) is 36.7 Å². The average molecular weight is 363 g/mol. The number of hydrogen-bond acceptors (Lipinski definition) is 4. The number of benzene rings is 1. The Morgan fingerprint density at radius 2 is 1.68 bits per heavy atom. The van der Waals surface area contributed by atoms with Crippen LogP contribution < -0.4 is 5.14 Å². The van der Waals surface area contributed by atoms with Crippen LogP contribution in [0.2, 0.25) is 0 Å². The molecule has 2 aromatic rings. The van der Waals surface area contributed by atoms with Crippen LogP contribution in [0.15, 0.2) is 30.3 Å². The maximum Gasteiger partial charge on any atom is 0.277 e. The van der Waals surface area contributed by atoms with E-state index >= 15 is 0 Å². The molecule has 0 spiro atoms. The standard InChI is InChI=1S/C16H21N5O3S/c1-12-11-13(2)21(18-12)15-5-3-14(4-6-15)16(22)19-7-9-20(10-8-19)25(17,23)24/h3-6,11H,7-10H2,1-2H3,(H2,17,23,24). The SMILES string of the molecule is Cc1cc(C)n(-c2ccc(C(=O)N3CCN(S(N)(=O)=O)CC3)cc2)n1. The normalized spacial score (nSPS) is 16.2. The minimum absolute atomic E-state index is 0.117. The minimum Gasteiger partial charge on any atom is -0.336 e. The first-order valence-electron chi connectivity index (χ1n) is 7.96. The lowest BCUT2D eigenvalue weighted by molar-refractivity contribution is 0.0698. The predicted molar refractivity (Wildman–Crippen MR) is 93.6 cm³/mol. The molecule has 0 unspecified atom stereocenters. The molecule has 3 rings (SSSR count). The summed E-state index contributed by atoms with van der Waals surface area (Å²) in [4.78, 5) is 14.2. The first kappa shape index (κ1) is 17.6. The van der Waals surface area contributed by atoms with E-state index in [-0.39, 0.29) is 19.0 Å². The van der Waals surface area contributed by atoms with Crippen molar-refractivity contribution in [3.05, 3.63) is 47.3 Å². The molecule has 9 heteroatoms. The largest absolute Gasteiger partial charge is 0.336 e. The van der Waals surface area contributed by atoms with Gasteiger partial charge in [-0.2, -0.15) is 17.8 Å². The number of nitrogens with two attached hydrogens (primary N) is 1.